The van der Waals surface area contributed by atoms with Crippen LogP contribution in [0.1, 0.15) is 31.4 Å². The number of rotatable bonds is 6. The van der Waals surface area contributed by atoms with E-state index < -0.39 is 0 Å². The second kappa shape index (κ2) is 8.01. The molecule has 5 heteroatoms. The predicted octanol–water partition coefficient (Wildman–Crippen LogP) is 3.21. The zero-order valence-corrected chi connectivity index (χ0v) is 14.7. The van der Waals surface area contributed by atoms with Gasteiger partial charge in [-0.25, -0.2) is 0 Å². The molecule has 1 aromatic carbocycles. The number of nitrogens with one attached hydrogen (secondary N) is 1. The lowest BCUT2D eigenvalue weighted by Crippen LogP contribution is -2.45. The molecule has 0 unspecified atom stereocenters. The van der Waals surface area contributed by atoms with Crippen LogP contribution in [0.4, 0.5) is 0 Å². The van der Waals surface area contributed by atoms with Crippen molar-refractivity contribution in [2.45, 2.75) is 25.8 Å². The topological polar surface area (TPSA) is 33.7 Å². The van der Waals surface area contributed by atoms with Crippen molar-refractivity contribution in [3.63, 3.8) is 0 Å². The summed E-state index contributed by atoms with van der Waals surface area (Å²) in [5.41, 5.74) is 1.22. The molecule has 0 amide bonds. The van der Waals surface area contributed by atoms with Crippen molar-refractivity contribution >= 4 is 15.9 Å². The van der Waals surface area contributed by atoms with Gasteiger partial charge in [0.15, 0.2) is 0 Å². The Balaban J connectivity index is 2.37. The summed E-state index contributed by atoms with van der Waals surface area (Å²) >= 11 is 3.54. The highest BCUT2D eigenvalue weighted by molar-refractivity contribution is 9.10. The molecular weight excluding hydrogens is 332 g/mol. The molecule has 1 saturated heterocycles. The Bertz CT molecular complexity index is 462. The first-order valence-corrected chi connectivity index (χ1v) is 8.36. The fourth-order valence-electron chi connectivity index (χ4n) is 2.95. The number of ether oxygens (including phenoxy) is 2. The molecule has 1 N–H and O–H groups in total. The van der Waals surface area contributed by atoms with Gasteiger partial charge >= 0.3 is 0 Å². The summed E-state index contributed by atoms with van der Waals surface area (Å²) in [6.07, 6.45) is 2.28. The van der Waals surface area contributed by atoms with Gasteiger partial charge in [-0.1, -0.05) is 13.3 Å². The van der Waals surface area contributed by atoms with Crippen LogP contribution in [0.25, 0.3) is 0 Å². The van der Waals surface area contributed by atoms with Crippen LogP contribution in [-0.2, 0) is 0 Å². The molecule has 1 aliphatic rings. The molecule has 1 aromatic rings. The minimum Gasteiger partial charge on any atom is -0.496 e. The van der Waals surface area contributed by atoms with Gasteiger partial charge in [-0.05, 0) is 34.5 Å². The van der Waals surface area contributed by atoms with Crippen molar-refractivity contribution < 1.29 is 9.47 Å². The number of piperazine rings is 1. The van der Waals surface area contributed by atoms with Crippen LogP contribution in [0, 0.1) is 0 Å². The fraction of sp³-hybridized carbons (Fsp3) is 0.625. The van der Waals surface area contributed by atoms with Gasteiger partial charge in [-0.15, -0.1) is 0 Å². The van der Waals surface area contributed by atoms with Crippen molar-refractivity contribution in [3.05, 3.63) is 22.2 Å². The van der Waals surface area contributed by atoms with Crippen molar-refractivity contribution in [2.75, 3.05) is 40.4 Å². The van der Waals surface area contributed by atoms with Crippen LogP contribution < -0.4 is 14.8 Å². The van der Waals surface area contributed by atoms with Gasteiger partial charge in [0, 0.05) is 37.8 Å². The van der Waals surface area contributed by atoms with Crippen molar-refractivity contribution in [2.24, 2.45) is 0 Å². The summed E-state index contributed by atoms with van der Waals surface area (Å²) in [7, 11) is 3.44. The molecule has 0 aromatic heterocycles. The first kappa shape index (κ1) is 16.6. The van der Waals surface area contributed by atoms with Gasteiger partial charge < -0.3 is 14.8 Å². The minimum absolute atomic E-state index is 0.383. The van der Waals surface area contributed by atoms with Gasteiger partial charge in [0.05, 0.1) is 18.7 Å². The van der Waals surface area contributed by atoms with Crippen LogP contribution >= 0.6 is 15.9 Å². The summed E-state index contributed by atoms with van der Waals surface area (Å²) in [6.45, 7) is 6.49. The molecule has 4 nitrogen and oxygen atoms in total. The monoisotopic (exact) mass is 356 g/mol. The van der Waals surface area contributed by atoms with Gasteiger partial charge in [0.2, 0.25) is 0 Å². The number of nitrogens with zero attached hydrogens (tertiary/aromatic N) is 1. The smallest absolute Gasteiger partial charge is 0.133 e. The van der Waals surface area contributed by atoms with E-state index in [1.165, 1.54) is 5.56 Å². The molecule has 1 atom stereocenters. The van der Waals surface area contributed by atoms with Crippen LogP contribution in [0.15, 0.2) is 16.6 Å². The Morgan fingerprint density at radius 3 is 2.43 bits per heavy atom. The van der Waals surface area contributed by atoms with Crippen molar-refractivity contribution in [3.8, 4) is 11.5 Å². The van der Waals surface area contributed by atoms with E-state index in [2.05, 4.69) is 39.1 Å². The lowest BCUT2D eigenvalue weighted by molar-refractivity contribution is 0.161. The van der Waals surface area contributed by atoms with E-state index >= 15 is 0 Å². The molecule has 1 heterocycles. The van der Waals surface area contributed by atoms with E-state index in [1.807, 2.05) is 6.07 Å². The van der Waals surface area contributed by atoms with Crippen molar-refractivity contribution in [1.82, 2.24) is 10.2 Å². The van der Waals surface area contributed by atoms with Gasteiger partial charge in [-0.2, -0.15) is 0 Å². The predicted molar refractivity (Wildman–Crippen MR) is 89.3 cm³/mol. The Kier molecular flexibility index (Phi) is 6.33. The zero-order chi connectivity index (χ0) is 15.2. The molecule has 0 spiro atoms. The molecule has 0 saturated carbocycles. The number of halogens is 1. The van der Waals surface area contributed by atoms with E-state index in [0.29, 0.717) is 6.04 Å². The van der Waals surface area contributed by atoms with Crippen LogP contribution in [0.2, 0.25) is 0 Å². The standard InChI is InChI=1S/C16H25BrN2O2/c1-4-5-14(19-8-6-18-7-9-19)12-10-16(21-3)13(17)11-15(12)20-2/h10-11,14,18H,4-9H2,1-3H3/t14-/m1/s1. The maximum Gasteiger partial charge on any atom is 0.133 e. The highest BCUT2D eigenvalue weighted by Crippen LogP contribution is 2.39. The number of hydrogen-bond donors (Lipinski definition) is 1. The first-order valence-electron chi connectivity index (χ1n) is 7.57. The highest BCUT2D eigenvalue weighted by Gasteiger charge is 2.25. The van der Waals surface area contributed by atoms with Gasteiger partial charge in [-0.3, -0.25) is 4.90 Å². The lowest BCUT2D eigenvalue weighted by atomic mass is 9.98. The average Bonchev–Trinajstić information content (AvgIpc) is 2.53. The van der Waals surface area contributed by atoms with E-state index in [9.17, 15) is 0 Å². The molecule has 2 rings (SSSR count). The Hall–Kier alpha value is -0.780. The maximum atomic E-state index is 5.62. The van der Waals surface area contributed by atoms with E-state index in [0.717, 1.165) is 55.0 Å². The summed E-state index contributed by atoms with van der Waals surface area (Å²) in [5.74, 6) is 1.79. The van der Waals surface area contributed by atoms with E-state index in [-0.39, 0.29) is 0 Å². The number of hydrogen-bond acceptors (Lipinski definition) is 4. The Morgan fingerprint density at radius 1 is 1.19 bits per heavy atom. The molecule has 0 bridgehead atoms. The largest absolute Gasteiger partial charge is 0.496 e. The molecular formula is C16H25BrN2O2. The zero-order valence-electron chi connectivity index (χ0n) is 13.1. The van der Waals surface area contributed by atoms with Crippen molar-refractivity contribution in [1.29, 1.82) is 0 Å². The molecule has 21 heavy (non-hydrogen) atoms. The third-order valence-electron chi connectivity index (χ3n) is 4.02. The summed E-state index contributed by atoms with van der Waals surface area (Å²) in [4.78, 5) is 2.55. The van der Waals surface area contributed by atoms with Gasteiger partial charge in [0.25, 0.3) is 0 Å². The molecule has 1 aliphatic heterocycles. The molecule has 118 valence electrons. The maximum absolute atomic E-state index is 5.62. The van der Waals surface area contributed by atoms with E-state index in [1.54, 1.807) is 14.2 Å². The summed E-state index contributed by atoms with van der Waals surface area (Å²) < 4.78 is 12.0. The highest BCUT2D eigenvalue weighted by atomic mass is 79.9. The normalized spacial score (nSPS) is 17.5. The second-order valence-corrected chi connectivity index (χ2v) is 6.17. The SMILES string of the molecule is CCC[C@H](c1cc(OC)c(Br)cc1OC)N1CCNCC1. The average molecular weight is 357 g/mol. The molecule has 1 fully saturated rings. The fourth-order valence-corrected chi connectivity index (χ4v) is 3.43. The Morgan fingerprint density at radius 2 is 1.86 bits per heavy atom. The van der Waals surface area contributed by atoms with Crippen LogP contribution in [0.5, 0.6) is 11.5 Å². The minimum atomic E-state index is 0.383. The number of benzene rings is 1. The quantitative estimate of drug-likeness (QED) is 0.848. The molecule has 0 radical (unpaired) electrons. The second-order valence-electron chi connectivity index (χ2n) is 5.32. The summed E-state index contributed by atoms with van der Waals surface area (Å²) in [5, 5.41) is 3.42. The van der Waals surface area contributed by atoms with Gasteiger partial charge in [0.1, 0.15) is 11.5 Å². The Labute approximate surface area is 135 Å². The van der Waals surface area contributed by atoms with Crippen LogP contribution in [0.3, 0.4) is 0 Å². The third kappa shape index (κ3) is 3.90. The third-order valence-corrected chi connectivity index (χ3v) is 4.64. The first-order chi connectivity index (χ1) is 10.2. The van der Waals surface area contributed by atoms with Crippen LogP contribution in [-0.4, -0.2) is 45.3 Å². The molecule has 0 aliphatic carbocycles. The number of methoxy groups -OCH3 is 2. The summed E-state index contributed by atoms with van der Waals surface area (Å²) in [6, 6.07) is 4.51. The van der Waals surface area contributed by atoms with E-state index in [4.69, 9.17) is 9.47 Å². The lowest BCUT2D eigenvalue weighted by Gasteiger charge is -2.36.